The van der Waals surface area contributed by atoms with Gasteiger partial charge in [0.05, 0.1) is 7.11 Å². The smallest absolute Gasteiger partial charge is 0.133 e. The Balaban J connectivity index is 2.53. The van der Waals surface area contributed by atoms with E-state index >= 15 is 0 Å². The van der Waals surface area contributed by atoms with Crippen molar-refractivity contribution in [2.24, 2.45) is 0 Å². The standard InChI is InChI=1S/C17H19FO2/c1-3-11-17(19,13-7-5-4-6-8-13)15-10-9-14(20-2)12-16(15)18/h4-10,12,19H,3,11H2,1-2H3. The van der Waals surface area contributed by atoms with E-state index < -0.39 is 11.4 Å². The number of methoxy groups -OCH3 is 1. The Hall–Kier alpha value is -1.87. The first-order chi connectivity index (χ1) is 9.61. The van der Waals surface area contributed by atoms with Gasteiger partial charge in [-0.15, -0.1) is 0 Å². The maximum absolute atomic E-state index is 14.3. The van der Waals surface area contributed by atoms with Crippen LogP contribution in [0, 0.1) is 5.82 Å². The molecule has 0 fully saturated rings. The molecule has 0 amide bonds. The molecule has 0 saturated heterocycles. The third kappa shape index (κ3) is 2.68. The van der Waals surface area contributed by atoms with Crippen LogP contribution in [0.25, 0.3) is 0 Å². The molecule has 1 atom stereocenters. The second-order valence-electron chi connectivity index (χ2n) is 4.82. The number of hydrogen-bond donors (Lipinski definition) is 1. The molecule has 0 aromatic heterocycles. The van der Waals surface area contributed by atoms with E-state index in [9.17, 15) is 9.50 Å². The highest BCUT2D eigenvalue weighted by molar-refractivity contribution is 5.39. The zero-order valence-corrected chi connectivity index (χ0v) is 11.8. The average molecular weight is 274 g/mol. The number of halogens is 1. The Bertz CT molecular complexity index is 568. The van der Waals surface area contributed by atoms with Crippen LogP contribution in [0.4, 0.5) is 4.39 Å². The van der Waals surface area contributed by atoms with Gasteiger partial charge in [0.1, 0.15) is 17.2 Å². The van der Waals surface area contributed by atoms with Crippen molar-refractivity contribution in [1.82, 2.24) is 0 Å². The van der Waals surface area contributed by atoms with Crippen LogP contribution in [0.3, 0.4) is 0 Å². The minimum atomic E-state index is -1.31. The van der Waals surface area contributed by atoms with Crippen LogP contribution in [0.5, 0.6) is 5.75 Å². The second kappa shape index (κ2) is 6.06. The molecule has 0 radical (unpaired) electrons. The number of rotatable bonds is 5. The van der Waals surface area contributed by atoms with Crippen LogP contribution < -0.4 is 4.74 Å². The summed E-state index contributed by atoms with van der Waals surface area (Å²) in [4.78, 5) is 0. The summed E-state index contributed by atoms with van der Waals surface area (Å²) in [6.07, 6.45) is 1.21. The summed E-state index contributed by atoms with van der Waals surface area (Å²) in [5.41, 5.74) is -0.330. The number of hydrogen-bond acceptors (Lipinski definition) is 2. The van der Waals surface area contributed by atoms with Crippen molar-refractivity contribution in [3.63, 3.8) is 0 Å². The molecule has 0 heterocycles. The van der Waals surface area contributed by atoms with E-state index in [1.807, 2.05) is 37.3 Å². The van der Waals surface area contributed by atoms with Gasteiger partial charge in [0.15, 0.2) is 0 Å². The first-order valence-electron chi connectivity index (χ1n) is 6.73. The third-order valence-electron chi connectivity index (χ3n) is 3.48. The summed E-state index contributed by atoms with van der Waals surface area (Å²) in [5, 5.41) is 11.0. The number of benzene rings is 2. The summed E-state index contributed by atoms with van der Waals surface area (Å²) in [6.45, 7) is 1.97. The van der Waals surface area contributed by atoms with Crippen molar-refractivity contribution >= 4 is 0 Å². The molecule has 0 aliphatic heterocycles. The molecule has 1 unspecified atom stereocenters. The molecule has 2 aromatic rings. The fraction of sp³-hybridized carbons (Fsp3) is 0.294. The predicted octanol–water partition coefficient (Wildman–Crippen LogP) is 3.87. The largest absolute Gasteiger partial charge is 0.497 e. The van der Waals surface area contributed by atoms with Crippen LogP contribution in [-0.4, -0.2) is 12.2 Å². The van der Waals surface area contributed by atoms with Crippen molar-refractivity contribution in [2.75, 3.05) is 7.11 Å². The van der Waals surface area contributed by atoms with Gasteiger partial charge in [-0.3, -0.25) is 0 Å². The molecular formula is C17H19FO2. The molecule has 2 aromatic carbocycles. The van der Waals surface area contributed by atoms with Crippen molar-refractivity contribution in [3.8, 4) is 5.75 Å². The SMILES string of the molecule is CCCC(O)(c1ccccc1)c1ccc(OC)cc1F. The third-order valence-corrected chi connectivity index (χ3v) is 3.48. The minimum absolute atomic E-state index is 0.284. The quantitative estimate of drug-likeness (QED) is 0.896. The van der Waals surface area contributed by atoms with E-state index in [4.69, 9.17) is 4.74 Å². The van der Waals surface area contributed by atoms with Gasteiger partial charge in [-0.05, 0) is 24.1 Å². The van der Waals surface area contributed by atoms with E-state index in [-0.39, 0.29) is 5.56 Å². The number of aliphatic hydroxyl groups is 1. The van der Waals surface area contributed by atoms with Gasteiger partial charge >= 0.3 is 0 Å². The Labute approximate surface area is 118 Å². The average Bonchev–Trinajstić information content (AvgIpc) is 2.48. The molecule has 0 aliphatic rings. The molecule has 106 valence electrons. The molecule has 0 aliphatic carbocycles. The van der Waals surface area contributed by atoms with Crippen LogP contribution in [0.1, 0.15) is 30.9 Å². The van der Waals surface area contributed by atoms with Gasteiger partial charge in [-0.25, -0.2) is 4.39 Å². The summed E-state index contributed by atoms with van der Waals surface area (Å²) < 4.78 is 19.3. The van der Waals surface area contributed by atoms with Crippen molar-refractivity contribution < 1.29 is 14.2 Å². The van der Waals surface area contributed by atoms with Crippen molar-refractivity contribution in [2.45, 2.75) is 25.4 Å². The zero-order chi connectivity index (χ0) is 14.6. The first kappa shape index (κ1) is 14.5. The maximum atomic E-state index is 14.3. The highest BCUT2D eigenvalue weighted by atomic mass is 19.1. The molecule has 2 rings (SSSR count). The maximum Gasteiger partial charge on any atom is 0.133 e. The van der Waals surface area contributed by atoms with Gasteiger partial charge in [-0.2, -0.15) is 0 Å². The van der Waals surface area contributed by atoms with Crippen LogP contribution in [0.2, 0.25) is 0 Å². The Kier molecular flexibility index (Phi) is 4.40. The van der Waals surface area contributed by atoms with Gasteiger partial charge in [0, 0.05) is 11.6 Å². The summed E-state index contributed by atoms with van der Waals surface area (Å²) in [5.74, 6) is -0.0117. The molecule has 0 saturated carbocycles. The minimum Gasteiger partial charge on any atom is -0.497 e. The van der Waals surface area contributed by atoms with Crippen molar-refractivity contribution in [1.29, 1.82) is 0 Å². The van der Waals surface area contributed by atoms with E-state index in [0.29, 0.717) is 17.7 Å². The Morgan fingerprint density at radius 3 is 2.40 bits per heavy atom. The van der Waals surface area contributed by atoms with Gasteiger partial charge in [-0.1, -0.05) is 43.7 Å². The normalized spacial score (nSPS) is 13.8. The molecule has 0 spiro atoms. The van der Waals surface area contributed by atoms with Crippen LogP contribution in [0.15, 0.2) is 48.5 Å². The monoisotopic (exact) mass is 274 g/mol. The molecular weight excluding hydrogens is 255 g/mol. The van der Waals surface area contributed by atoms with E-state index in [2.05, 4.69) is 0 Å². The van der Waals surface area contributed by atoms with Crippen LogP contribution >= 0.6 is 0 Å². The van der Waals surface area contributed by atoms with Gasteiger partial charge in [0.2, 0.25) is 0 Å². The van der Waals surface area contributed by atoms with Gasteiger partial charge < -0.3 is 9.84 Å². The molecule has 3 heteroatoms. The highest BCUT2D eigenvalue weighted by Crippen LogP contribution is 2.36. The van der Waals surface area contributed by atoms with E-state index in [0.717, 1.165) is 6.42 Å². The molecule has 2 nitrogen and oxygen atoms in total. The Morgan fingerprint density at radius 1 is 1.15 bits per heavy atom. The fourth-order valence-corrected chi connectivity index (χ4v) is 2.47. The molecule has 0 bridgehead atoms. The summed E-state index contributed by atoms with van der Waals surface area (Å²) in [6, 6.07) is 13.8. The fourth-order valence-electron chi connectivity index (χ4n) is 2.47. The summed E-state index contributed by atoms with van der Waals surface area (Å²) >= 11 is 0. The van der Waals surface area contributed by atoms with Crippen molar-refractivity contribution in [3.05, 3.63) is 65.5 Å². The second-order valence-corrected chi connectivity index (χ2v) is 4.82. The lowest BCUT2D eigenvalue weighted by Crippen LogP contribution is -2.28. The van der Waals surface area contributed by atoms with Gasteiger partial charge in [0.25, 0.3) is 0 Å². The topological polar surface area (TPSA) is 29.5 Å². The number of ether oxygens (including phenoxy) is 1. The predicted molar refractivity (Wildman–Crippen MR) is 77.3 cm³/mol. The first-order valence-corrected chi connectivity index (χ1v) is 6.73. The molecule has 20 heavy (non-hydrogen) atoms. The lowest BCUT2D eigenvalue weighted by Gasteiger charge is -2.29. The lowest BCUT2D eigenvalue weighted by molar-refractivity contribution is 0.0662. The van der Waals surface area contributed by atoms with E-state index in [1.54, 1.807) is 12.1 Å². The highest BCUT2D eigenvalue weighted by Gasteiger charge is 2.33. The molecule has 1 N–H and O–H groups in total. The Morgan fingerprint density at radius 2 is 1.85 bits per heavy atom. The lowest BCUT2D eigenvalue weighted by atomic mass is 9.82. The summed E-state index contributed by atoms with van der Waals surface area (Å²) in [7, 11) is 1.49. The van der Waals surface area contributed by atoms with E-state index in [1.165, 1.54) is 13.2 Å². The zero-order valence-electron chi connectivity index (χ0n) is 11.8. The van der Waals surface area contributed by atoms with Crippen LogP contribution in [-0.2, 0) is 5.60 Å².